The van der Waals surface area contributed by atoms with Gasteiger partial charge in [-0.15, -0.1) is 0 Å². The average Bonchev–Trinajstić information content (AvgIpc) is 2.78. The predicted molar refractivity (Wildman–Crippen MR) is 127 cm³/mol. The standard InChI is InChI=1S/C29H38O/c1-19-21(3)27(17-15-25(19)23-11-7-5-8-12-23)29(30)28-18-16-26(20(2)22(28)4)24-13-9-6-10-14-24/h15-18,23-24H,5-14H2,1-4H3. The fourth-order valence-electron chi connectivity index (χ4n) is 6.03. The summed E-state index contributed by atoms with van der Waals surface area (Å²) < 4.78 is 0. The largest absolute Gasteiger partial charge is 0.289 e. The molecule has 2 aromatic rings. The molecule has 160 valence electrons. The van der Waals surface area contributed by atoms with Gasteiger partial charge in [-0.25, -0.2) is 0 Å². The number of ketones is 1. The molecule has 0 radical (unpaired) electrons. The van der Waals surface area contributed by atoms with E-state index < -0.39 is 0 Å². The van der Waals surface area contributed by atoms with Crippen molar-refractivity contribution in [3.8, 4) is 0 Å². The fraction of sp³-hybridized carbons (Fsp3) is 0.552. The molecule has 0 saturated heterocycles. The van der Waals surface area contributed by atoms with Gasteiger partial charge >= 0.3 is 0 Å². The van der Waals surface area contributed by atoms with Crippen molar-refractivity contribution in [2.45, 2.75) is 104 Å². The van der Waals surface area contributed by atoms with Crippen molar-refractivity contribution in [2.24, 2.45) is 0 Å². The van der Waals surface area contributed by atoms with Crippen molar-refractivity contribution in [1.29, 1.82) is 0 Å². The highest BCUT2D eigenvalue weighted by Crippen LogP contribution is 2.38. The van der Waals surface area contributed by atoms with Crippen LogP contribution < -0.4 is 0 Å². The normalized spacial score (nSPS) is 18.5. The monoisotopic (exact) mass is 402 g/mol. The van der Waals surface area contributed by atoms with Crippen LogP contribution in [0.4, 0.5) is 0 Å². The van der Waals surface area contributed by atoms with E-state index in [2.05, 4.69) is 52.0 Å². The lowest BCUT2D eigenvalue weighted by atomic mass is 9.79. The van der Waals surface area contributed by atoms with Crippen LogP contribution in [0, 0.1) is 27.7 Å². The summed E-state index contributed by atoms with van der Waals surface area (Å²) in [5, 5.41) is 0. The summed E-state index contributed by atoms with van der Waals surface area (Å²) in [6, 6.07) is 8.73. The molecule has 1 nitrogen and oxygen atoms in total. The lowest BCUT2D eigenvalue weighted by Gasteiger charge is -2.26. The Bertz CT molecular complexity index is 848. The van der Waals surface area contributed by atoms with E-state index in [0.29, 0.717) is 11.8 Å². The zero-order valence-corrected chi connectivity index (χ0v) is 19.4. The van der Waals surface area contributed by atoms with E-state index >= 15 is 0 Å². The molecule has 1 heteroatoms. The smallest absolute Gasteiger partial charge is 0.193 e. The van der Waals surface area contributed by atoms with Gasteiger partial charge < -0.3 is 0 Å². The van der Waals surface area contributed by atoms with Crippen molar-refractivity contribution >= 4 is 5.78 Å². The molecule has 0 bridgehead atoms. The van der Waals surface area contributed by atoms with E-state index in [0.717, 1.165) is 11.1 Å². The van der Waals surface area contributed by atoms with E-state index in [1.54, 1.807) is 0 Å². The van der Waals surface area contributed by atoms with Gasteiger partial charge in [0.25, 0.3) is 0 Å². The number of carbonyl (C=O) groups excluding carboxylic acids is 1. The second kappa shape index (κ2) is 9.08. The molecule has 30 heavy (non-hydrogen) atoms. The summed E-state index contributed by atoms with van der Waals surface area (Å²) in [5.74, 6) is 1.56. The molecular weight excluding hydrogens is 364 g/mol. The first-order chi connectivity index (χ1) is 14.5. The Hall–Kier alpha value is -1.89. The topological polar surface area (TPSA) is 17.1 Å². The van der Waals surface area contributed by atoms with E-state index in [-0.39, 0.29) is 5.78 Å². The number of carbonyl (C=O) groups is 1. The molecule has 0 heterocycles. The maximum atomic E-state index is 13.6. The Labute approximate surface area is 183 Å². The summed E-state index contributed by atoms with van der Waals surface area (Å²) >= 11 is 0. The maximum Gasteiger partial charge on any atom is 0.193 e. The minimum absolute atomic E-state index is 0.196. The van der Waals surface area contributed by atoms with E-state index in [4.69, 9.17) is 0 Å². The van der Waals surface area contributed by atoms with Gasteiger partial charge in [-0.3, -0.25) is 4.79 Å². The van der Waals surface area contributed by atoms with Crippen LogP contribution in [0.25, 0.3) is 0 Å². The first-order valence-corrected chi connectivity index (χ1v) is 12.2. The lowest BCUT2D eigenvalue weighted by Crippen LogP contribution is -2.13. The molecule has 4 rings (SSSR count). The highest BCUT2D eigenvalue weighted by Gasteiger charge is 2.24. The highest BCUT2D eigenvalue weighted by atomic mass is 16.1. The number of hydrogen-bond donors (Lipinski definition) is 0. The minimum atomic E-state index is 0.196. The third-order valence-corrected chi connectivity index (χ3v) is 8.24. The summed E-state index contributed by atoms with van der Waals surface area (Å²) in [5.41, 5.74) is 9.75. The van der Waals surface area contributed by atoms with Gasteiger partial charge in [0.05, 0.1) is 0 Å². The number of hydrogen-bond acceptors (Lipinski definition) is 1. The number of benzene rings is 2. The summed E-state index contributed by atoms with van der Waals surface area (Å²) in [6.07, 6.45) is 13.3. The second-order valence-electron chi connectivity index (χ2n) is 9.90. The Balaban J connectivity index is 1.64. The Morgan fingerprint density at radius 2 is 0.933 bits per heavy atom. The minimum Gasteiger partial charge on any atom is -0.289 e. The van der Waals surface area contributed by atoms with Crippen LogP contribution in [-0.4, -0.2) is 5.78 Å². The van der Waals surface area contributed by atoms with E-state index in [1.165, 1.54) is 97.6 Å². The molecule has 2 aromatic carbocycles. The summed E-state index contributed by atoms with van der Waals surface area (Å²) in [7, 11) is 0. The molecule has 2 aliphatic carbocycles. The molecule has 0 unspecified atom stereocenters. The van der Waals surface area contributed by atoms with E-state index in [1.807, 2.05) is 0 Å². The van der Waals surface area contributed by atoms with Crippen LogP contribution in [0.15, 0.2) is 24.3 Å². The molecule has 0 aliphatic heterocycles. The van der Waals surface area contributed by atoms with Crippen LogP contribution in [0.1, 0.15) is 125 Å². The summed E-state index contributed by atoms with van der Waals surface area (Å²) in [6.45, 7) is 8.74. The second-order valence-corrected chi connectivity index (χ2v) is 9.90. The number of rotatable bonds is 4. The molecule has 2 fully saturated rings. The van der Waals surface area contributed by atoms with Gasteiger partial charge in [0.1, 0.15) is 0 Å². The van der Waals surface area contributed by atoms with Crippen molar-refractivity contribution in [3.05, 3.63) is 68.8 Å². The Morgan fingerprint density at radius 1 is 0.567 bits per heavy atom. The highest BCUT2D eigenvalue weighted by molar-refractivity contribution is 6.11. The van der Waals surface area contributed by atoms with Crippen LogP contribution in [0.2, 0.25) is 0 Å². The van der Waals surface area contributed by atoms with Crippen LogP contribution >= 0.6 is 0 Å². The molecule has 0 spiro atoms. The Morgan fingerprint density at radius 3 is 1.30 bits per heavy atom. The maximum absolute atomic E-state index is 13.6. The van der Waals surface area contributed by atoms with Gasteiger partial charge in [-0.05, 0) is 98.6 Å². The Kier molecular flexibility index (Phi) is 6.46. The zero-order valence-electron chi connectivity index (χ0n) is 19.4. The molecule has 2 aliphatic rings. The van der Waals surface area contributed by atoms with Crippen LogP contribution in [0.3, 0.4) is 0 Å². The van der Waals surface area contributed by atoms with E-state index in [9.17, 15) is 4.79 Å². The average molecular weight is 403 g/mol. The predicted octanol–water partition coefficient (Wildman–Crippen LogP) is 8.25. The van der Waals surface area contributed by atoms with Gasteiger partial charge in [-0.1, -0.05) is 62.8 Å². The molecule has 2 saturated carbocycles. The fourth-order valence-corrected chi connectivity index (χ4v) is 6.03. The SMILES string of the molecule is Cc1c(C(=O)c2ccc(C3CCCCC3)c(C)c2C)ccc(C2CCCCC2)c1C. The van der Waals surface area contributed by atoms with Gasteiger partial charge in [-0.2, -0.15) is 0 Å². The van der Waals surface area contributed by atoms with Crippen molar-refractivity contribution in [3.63, 3.8) is 0 Å². The third kappa shape index (κ3) is 4.01. The van der Waals surface area contributed by atoms with Gasteiger partial charge in [0, 0.05) is 11.1 Å². The van der Waals surface area contributed by atoms with Crippen molar-refractivity contribution in [1.82, 2.24) is 0 Å². The van der Waals surface area contributed by atoms with Crippen molar-refractivity contribution < 1.29 is 4.79 Å². The molecule has 0 atom stereocenters. The molecule has 0 amide bonds. The van der Waals surface area contributed by atoms with Crippen molar-refractivity contribution in [2.75, 3.05) is 0 Å². The molecule has 0 N–H and O–H groups in total. The lowest BCUT2D eigenvalue weighted by molar-refractivity contribution is 0.103. The molecular formula is C29H38O. The van der Waals surface area contributed by atoms with Gasteiger partial charge in [0.15, 0.2) is 5.78 Å². The quantitative estimate of drug-likeness (QED) is 0.470. The first kappa shape index (κ1) is 21.3. The van der Waals surface area contributed by atoms with Gasteiger partial charge in [0.2, 0.25) is 0 Å². The van der Waals surface area contributed by atoms with Crippen LogP contribution in [0.5, 0.6) is 0 Å². The molecule has 0 aromatic heterocycles. The first-order valence-electron chi connectivity index (χ1n) is 12.2. The zero-order chi connectivity index (χ0) is 21.3. The third-order valence-electron chi connectivity index (χ3n) is 8.24. The summed E-state index contributed by atoms with van der Waals surface area (Å²) in [4.78, 5) is 13.6. The van der Waals surface area contributed by atoms with Crippen LogP contribution in [-0.2, 0) is 0 Å².